The highest BCUT2D eigenvalue weighted by molar-refractivity contribution is 5.58. The maximum absolute atomic E-state index is 5.96. The van der Waals surface area contributed by atoms with E-state index in [2.05, 4.69) is 59.0 Å². The molecule has 4 heteroatoms. The summed E-state index contributed by atoms with van der Waals surface area (Å²) >= 11 is 0. The van der Waals surface area contributed by atoms with E-state index in [1.54, 1.807) is 0 Å². The topological polar surface area (TPSA) is 28.6 Å². The van der Waals surface area contributed by atoms with Crippen LogP contribution < -0.4 is 9.64 Å². The van der Waals surface area contributed by atoms with Gasteiger partial charge in [0, 0.05) is 45.1 Å². The van der Waals surface area contributed by atoms with Gasteiger partial charge in [0.25, 0.3) is 0 Å². The Morgan fingerprint density at radius 3 is 2.39 bits per heavy atom. The van der Waals surface area contributed by atoms with Crippen molar-refractivity contribution in [3.05, 3.63) is 54.4 Å². The van der Waals surface area contributed by atoms with Crippen molar-refractivity contribution in [2.45, 2.75) is 26.5 Å². The van der Waals surface area contributed by atoms with Crippen LogP contribution in [0.25, 0.3) is 0 Å². The van der Waals surface area contributed by atoms with E-state index in [9.17, 15) is 0 Å². The van der Waals surface area contributed by atoms with Crippen LogP contribution in [0.15, 0.2) is 48.8 Å². The number of rotatable bonds is 5. The molecule has 2 heterocycles. The highest BCUT2D eigenvalue weighted by atomic mass is 16.5. The van der Waals surface area contributed by atoms with Gasteiger partial charge in [-0.15, -0.1) is 0 Å². The van der Waals surface area contributed by atoms with E-state index < -0.39 is 0 Å². The van der Waals surface area contributed by atoms with E-state index in [4.69, 9.17) is 4.74 Å². The molecule has 4 nitrogen and oxygen atoms in total. The first kappa shape index (κ1) is 15.8. The lowest BCUT2D eigenvalue weighted by Crippen LogP contribution is -2.46. The van der Waals surface area contributed by atoms with Gasteiger partial charge in [-0.3, -0.25) is 9.88 Å². The van der Waals surface area contributed by atoms with Crippen LogP contribution in [0, 0.1) is 0 Å². The van der Waals surface area contributed by atoms with Crippen LogP contribution in [0.5, 0.6) is 5.75 Å². The molecule has 1 aromatic heterocycles. The predicted octanol–water partition coefficient (Wildman–Crippen LogP) is 3.19. The lowest BCUT2D eigenvalue weighted by Gasteiger charge is -2.37. The number of aromatic nitrogens is 1. The minimum absolute atomic E-state index is 0.198. The second kappa shape index (κ2) is 7.47. The number of para-hydroxylation sites is 2. The quantitative estimate of drug-likeness (QED) is 0.848. The molecular formula is C19H25N3O. The van der Waals surface area contributed by atoms with Gasteiger partial charge in [0.2, 0.25) is 0 Å². The number of piperazine rings is 1. The molecule has 0 bridgehead atoms. The molecule has 1 fully saturated rings. The third-order valence-electron chi connectivity index (χ3n) is 4.10. The fraction of sp³-hybridized carbons (Fsp3) is 0.421. The van der Waals surface area contributed by atoms with Gasteiger partial charge < -0.3 is 9.64 Å². The summed E-state index contributed by atoms with van der Waals surface area (Å²) in [5, 5.41) is 0. The van der Waals surface area contributed by atoms with Crippen LogP contribution in [0.1, 0.15) is 19.4 Å². The Balaban J connectivity index is 1.61. The lowest BCUT2D eigenvalue weighted by molar-refractivity contribution is 0.235. The van der Waals surface area contributed by atoms with Gasteiger partial charge in [-0.1, -0.05) is 12.1 Å². The zero-order valence-electron chi connectivity index (χ0n) is 14.0. The Morgan fingerprint density at radius 2 is 1.70 bits per heavy atom. The highest BCUT2D eigenvalue weighted by Crippen LogP contribution is 2.29. The highest BCUT2D eigenvalue weighted by Gasteiger charge is 2.20. The fourth-order valence-electron chi connectivity index (χ4n) is 2.97. The molecular weight excluding hydrogens is 286 g/mol. The van der Waals surface area contributed by atoms with Gasteiger partial charge >= 0.3 is 0 Å². The molecule has 23 heavy (non-hydrogen) atoms. The minimum Gasteiger partial charge on any atom is -0.489 e. The first-order chi connectivity index (χ1) is 11.2. The number of hydrogen-bond donors (Lipinski definition) is 0. The maximum Gasteiger partial charge on any atom is 0.142 e. The van der Waals surface area contributed by atoms with E-state index in [-0.39, 0.29) is 6.10 Å². The van der Waals surface area contributed by atoms with Gasteiger partial charge in [0.15, 0.2) is 0 Å². The fourth-order valence-corrected chi connectivity index (χ4v) is 2.97. The summed E-state index contributed by atoms with van der Waals surface area (Å²) in [4.78, 5) is 9.01. The molecule has 3 rings (SSSR count). The molecule has 0 spiro atoms. The van der Waals surface area contributed by atoms with E-state index in [0.29, 0.717) is 0 Å². The number of hydrogen-bond acceptors (Lipinski definition) is 4. The van der Waals surface area contributed by atoms with Crippen LogP contribution in [0.4, 0.5) is 5.69 Å². The predicted molar refractivity (Wildman–Crippen MR) is 93.9 cm³/mol. The van der Waals surface area contributed by atoms with Crippen molar-refractivity contribution in [3.63, 3.8) is 0 Å². The maximum atomic E-state index is 5.96. The number of benzene rings is 1. The Kier molecular flexibility index (Phi) is 5.13. The first-order valence-electron chi connectivity index (χ1n) is 8.34. The second-order valence-corrected chi connectivity index (χ2v) is 6.25. The normalized spacial score (nSPS) is 15.9. The summed E-state index contributed by atoms with van der Waals surface area (Å²) in [7, 11) is 0. The van der Waals surface area contributed by atoms with Crippen molar-refractivity contribution in [3.8, 4) is 5.75 Å². The molecule has 1 aliphatic heterocycles. The molecule has 0 N–H and O–H groups in total. The molecule has 0 saturated carbocycles. The van der Waals surface area contributed by atoms with Gasteiger partial charge in [0.1, 0.15) is 5.75 Å². The molecule has 1 aromatic carbocycles. The van der Waals surface area contributed by atoms with Crippen molar-refractivity contribution in [1.82, 2.24) is 9.88 Å². The van der Waals surface area contributed by atoms with Crippen molar-refractivity contribution in [2.24, 2.45) is 0 Å². The van der Waals surface area contributed by atoms with Crippen LogP contribution in [-0.2, 0) is 6.54 Å². The van der Waals surface area contributed by atoms with Gasteiger partial charge in [-0.25, -0.2) is 0 Å². The van der Waals surface area contributed by atoms with Gasteiger partial charge in [0.05, 0.1) is 11.8 Å². The number of ether oxygens (including phenoxy) is 1. The molecule has 0 amide bonds. The summed E-state index contributed by atoms with van der Waals surface area (Å²) in [5.74, 6) is 0.991. The van der Waals surface area contributed by atoms with Crippen LogP contribution in [0.3, 0.4) is 0 Å². The average Bonchev–Trinajstić information content (AvgIpc) is 2.57. The molecule has 0 radical (unpaired) electrons. The van der Waals surface area contributed by atoms with Gasteiger partial charge in [-0.2, -0.15) is 0 Å². The van der Waals surface area contributed by atoms with Crippen molar-refractivity contribution in [1.29, 1.82) is 0 Å². The smallest absolute Gasteiger partial charge is 0.142 e. The summed E-state index contributed by atoms with van der Waals surface area (Å²) in [6.45, 7) is 9.34. The van der Waals surface area contributed by atoms with Gasteiger partial charge in [-0.05, 0) is 43.7 Å². The monoisotopic (exact) mass is 311 g/mol. The second-order valence-electron chi connectivity index (χ2n) is 6.25. The summed E-state index contributed by atoms with van der Waals surface area (Å²) < 4.78 is 5.96. The minimum atomic E-state index is 0.198. The summed E-state index contributed by atoms with van der Waals surface area (Å²) in [5.41, 5.74) is 2.54. The lowest BCUT2D eigenvalue weighted by atomic mass is 10.2. The SMILES string of the molecule is CC(C)Oc1ccccc1N1CCN(Cc2ccncc2)CC1. The molecule has 0 unspecified atom stereocenters. The number of pyridine rings is 1. The average molecular weight is 311 g/mol. The van der Waals surface area contributed by atoms with Crippen molar-refractivity contribution >= 4 is 5.69 Å². The zero-order valence-corrected chi connectivity index (χ0v) is 14.0. The molecule has 1 aliphatic rings. The molecule has 122 valence electrons. The standard InChI is InChI=1S/C19H25N3O/c1-16(2)23-19-6-4-3-5-18(19)22-13-11-21(12-14-22)15-17-7-9-20-10-8-17/h3-10,16H,11-15H2,1-2H3. The Labute approximate surface area is 138 Å². The number of nitrogens with zero attached hydrogens (tertiary/aromatic N) is 3. The van der Waals surface area contributed by atoms with Crippen molar-refractivity contribution in [2.75, 3.05) is 31.1 Å². The molecule has 0 aliphatic carbocycles. The van der Waals surface area contributed by atoms with E-state index >= 15 is 0 Å². The first-order valence-corrected chi connectivity index (χ1v) is 8.34. The zero-order chi connectivity index (χ0) is 16.1. The van der Waals surface area contributed by atoms with Crippen LogP contribution in [0.2, 0.25) is 0 Å². The van der Waals surface area contributed by atoms with Crippen LogP contribution in [-0.4, -0.2) is 42.2 Å². The largest absolute Gasteiger partial charge is 0.489 e. The van der Waals surface area contributed by atoms with Crippen molar-refractivity contribution < 1.29 is 4.74 Å². The third-order valence-corrected chi connectivity index (χ3v) is 4.10. The van der Waals surface area contributed by atoms with E-state index in [1.165, 1.54) is 11.3 Å². The molecule has 0 atom stereocenters. The Hall–Kier alpha value is -2.07. The summed E-state index contributed by atoms with van der Waals surface area (Å²) in [6, 6.07) is 12.6. The van der Waals surface area contributed by atoms with E-state index in [0.717, 1.165) is 38.5 Å². The Bertz CT molecular complexity index is 607. The number of anilines is 1. The third kappa shape index (κ3) is 4.23. The molecule has 1 saturated heterocycles. The van der Waals surface area contributed by atoms with Crippen LogP contribution >= 0.6 is 0 Å². The molecule has 2 aromatic rings. The van der Waals surface area contributed by atoms with E-state index in [1.807, 2.05) is 18.5 Å². The summed E-state index contributed by atoms with van der Waals surface area (Å²) in [6.07, 6.45) is 3.93. The Morgan fingerprint density at radius 1 is 1.00 bits per heavy atom.